The molecule has 0 atom stereocenters. The molecule has 1 aliphatic heterocycles. The Morgan fingerprint density at radius 3 is 2.67 bits per heavy atom. The van der Waals surface area contributed by atoms with Gasteiger partial charge in [-0.25, -0.2) is 0 Å². The minimum absolute atomic E-state index is 0.499. The van der Waals surface area contributed by atoms with E-state index in [0.717, 1.165) is 30.3 Å². The minimum atomic E-state index is -0.832. The zero-order chi connectivity index (χ0) is 16.8. The maximum Gasteiger partial charge on any atom is 0.314 e. The third-order valence-corrected chi connectivity index (χ3v) is 5.66. The highest BCUT2D eigenvalue weighted by Crippen LogP contribution is 2.36. The van der Waals surface area contributed by atoms with Crippen LogP contribution >= 0.6 is 0 Å². The molecule has 24 heavy (non-hydrogen) atoms. The Bertz CT molecular complexity index is 542. The van der Waals surface area contributed by atoms with E-state index in [4.69, 9.17) is 9.47 Å². The van der Waals surface area contributed by atoms with E-state index >= 15 is 0 Å². The maximum absolute atomic E-state index is 11.9. The number of hydrogen-bond acceptors (Lipinski definition) is 3. The van der Waals surface area contributed by atoms with E-state index in [1.165, 1.54) is 32.1 Å². The summed E-state index contributed by atoms with van der Waals surface area (Å²) in [6, 6.07) is 7.67. The normalized spacial score (nSPS) is 21.3. The molecule has 1 N–H and O–H groups in total. The van der Waals surface area contributed by atoms with Gasteiger partial charge >= 0.3 is 5.97 Å². The Balaban J connectivity index is 1.63. The van der Waals surface area contributed by atoms with Crippen LogP contribution in [-0.4, -0.2) is 30.9 Å². The first-order valence-corrected chi connectivity index (χ1v) is 9.25. The van der Waals surface area contributed by atoms with Gasteiger partial charge in [-0.2, -0.15) is 0 Å². The topological polar surface area (TPSA) is 55.8 Å². The van der Waals surface area contributed by atoms with Gasteiger partial charge in [0.2, 0.25) is 0 Å². The molecule has 1 aliphatic carbocycles. The standard InChI is InChI=1S/C20H28O4/c21-19(22)20(10-13-23-14-11-20)17-7-4-8-18(15-17)24-12-9-16-5-2-1-3-6-16/h4,7-8,15-16H,1-3,5-6,9-14H2,(H,21,22). The van der Waals surface area contributed by atoms with Crippen molar-refractivity contribution in [3.05, 3.63) is 29.8 Å². The van der Waals surface area contributed by atoms with Crippen molar-refractivity contribution in [2.24, 2.45) is 5.92 Å². The predicted molar refractivity (Wildman–Crippen MR) is 92.5 cm³/mol. The van der Waals surface area contributed by atoms with Crippen LogP contribution in [-0.2, 0) is 14.9 Å². The highest BCUT2D eigenvalue weighted by Gasteiger charge is 2.42. The predicted octanol–water partition coefficient (Wildman–Crippen LogP) is 4.17. The van der Waals surface area contributed by atoms with E-state index in [0.29, 0.717) is 26.1 Å². The first-order valence-electron chi connectivity index (χ1n) is 9.25. The van der Waals surface area contributed by atoms with Crippen LogP contribution in [0.2, 0.25) is 0 Å². The molecule has 0 bridgehead atoms. The number of aliphatic carboxylic acids is 1. The summed E-state index contributed by atoms with van der Waals surface area (Å²) in [5.74, 6) is 0.823. The fraction of sp³-hybridized carbons (Fsp3) is 0.650. The molecule has 1 saturated carbocycles. The summed E-state index contributed by atoms with van der Waals surface area (Å²) >= 11 is 0. The Morgan fingerprint density at radius 1 is 1.21 bits per heavy atom. The Hall–Kier alpha value is -1.55. The molecule has 0 spiro atoms. The van der Waals surface area contributed by atoms with Crippen LogP contribution in [0.5, 0.6) is 5.75 Å². The fourth-order valence-corrected chi connectivity index (χ4v) is 4.05. The molecule has 4 heteroatoms. The van der Waals surface area contributed by atoms with Gasteiger partial charge in [-0.15, -0.1) is 0 Å². The van der Waals surface area contributed by atoms with E-state index in [1.54, 1.807) is 0 Å². The van der Waals surface area contributed by atoms with Gasteiger partial charge in [0.05, 0.1) is 12.0 Å². The average Bonchev–Trinajstić information content (AvgIpc) is 2.63. The van der Waals surface area contributed by atoms with E-state index in [-0.39, 0.29) is 0 Å². The Morgan fingerprint density at radius 2 is 1.96 bits per heavy atom. The SMILES string of the molecule is O=C(O)C1(c2cccc(OCCC3CCCCC3)c2)CCOCC1. The lowest BCUT2D eigenvalue weighted by atomic mass is 9.74. The smallest absolute Gasteiger partial charge is 0.314 e. The van der Waals surface area contributed by atoms with Crippen molar-refractivity contribution in [1.29, 1.82) is 0 Å². The van der Waals surface area contributed by atoms with Crippen molar-refractivity contribution >= 4 is 5.97 Å². The number of carbonyl (C=O) groups is 1. The zero-order valence-corrected chi connectivity index (χ0v) is 14.3. The lowest BCUT2D eigenvalue weighted by molar-refractivity contribution is -0.147. The lowest BCUT2D eigenvalue weighted by Crippen LogP contribution is -2.41. The molecule has 132 valence electrons. The third kappa shape index (κ3) is 3.92. The molecule has 3 rings (SSSR count). The molecule has 1 aromatic carbocycles. The van der Waals surface area contributed by atoms with E-state index in [1.807, 2.05) is 24.3 Å². The molecule has 4 nitrogen and oxygen atoms in total. The maximum atomic E-state index is 11.9. The first-order chi connectivity index (χ1) is 11.7. The van der Waals surface area contributed by atoms with Crippen LogP contribution in [0, 0.1) is 5.92 Å². The summed E-state index contributed by atoms with van der Waals surface area (Å²) in [6.07, 6.45) is 8.87. The third-order valence-electron chi connectivity index (χ3n) is 5.66. The Labute approximate surface area is 144 Å². The molecule has 0 amide bonds. The number of ether oxygens (including phenoxy) is 2. The number of carboxylic acids is 1. The molecule has 0 unspecified atom stereocenters. The first kappa shape index (κ1) is 17.3. The molecule has 1 saturated heterocycles. The van der Waals surface area contributed by atoms with Crippen molar-refractivity contribution in [3.8, 4) is 5.75 Å². The van der Waals surface area contributed by atoms with Crippen molar-refractivity contribution < 1.29 is 19.4 Å². The average molecular weight is 332 g/mol. The van der Waals surface area contributed by atoms with Gasteiger partial charge in [-0.3, -0.25) is 4.79 Å². The number of benzene rings is 1. The lowest BCUT2D eigenvalue weighted by Gasteiger charge is -2.33. The van der Waals surface area contributed by atoms with E-state index in [9.17, 15) is 9.90 Å². The fourth-order valence-electron chi connectivity index (χ4n) is 4.05. The summed E-state index contributed by atoms with van der Waals surface area (Å²) < 4.78 is 11.3. The van der Waals surface area contributed by atoms with E-state index in [2.05, 4.69) is 0 Å². The summed E-state index contributed by atoms with van der Waals surface area (Å²) in [7, 11) is 0. The van der Waals surface area contributed by atoms with E-state index < -0.39 is 11.4 Å². The second-order valence-electron chi connectivity index (χ2n) is 7.17. The summed E-state index contributed by atoms with van der Waals surface area (Å²) in [4.78, 5) is 11.9. The number of hydrogen-bond donors (Lipinski definition) is 1. The summed E-state index contributed by atoms with van der Waals surface area (Å²) in [5.41, 5.74) is 0.00882. The molecule has 2 fully saturated rings. The van der Waals surface area contributed by atoms with Crippen molar-refractivity contribution in [3.63, 3.8) is 0 Å². The van der Waals surface area contributed by atoms with Gasteiger partial charge < -0.3 is 14.6 Å². The Kier molecular flexibility index (Phi) is 5.77. The van der Waals surface area contributed by atoms with Gasteiger partial charge in [0.1, 0.15) is 5.75 Å². The van der Waals surface area contributed by atoms with Crippen molar-refractivity contribution in [1.82, 2.24) is 0 Å². The zero-order valence-electron chi connectivity index (χ0n) is 14.3. The van der Waals surface area contributed by atoms with Crippen LogP contribution in [0.3, 0.4) is 0 Å². The number of carboxylic acid groups (broad SMARTS) is 1. The van der Waals surface area contributed by atoms with Crippen molar-refractivity contribution in [2.75, 3.05) is 19.8 Å². The van der Waals surface area contributed by atoms with Gasteiger partial charge in [0.15, 0.2) is 0 Å². The van der Waals surface area contributed by atoms with Gasteiger partial charge in [0, 0.05) is 13.2 Å². The van der Waals surface area contributed by atoms with Crippen LogP contribution in [0.15, 0.2) is 24.3 Å². The van der Waals surface area contributed by atoms with Crippen LogP contribution in [0.25, 0.3) is 0 Å². The highest BCUT2D eigenvalue weighted by molar-refractivity contribution is 5.81. The molecule has 0 radical (unpaired) electrons. The minimum Gasteiger partial charge on any atom is -0.494 e. The molecule has 1 aromatic rings. The monoisotopic (exact) mass is 332 g/mol. The van der Waals surface area contributed by atoms with Crippen LogP contribution < -0.4 is 4.74 Å². The summed E-state index contributed by atoms with van der Waals surface area (Å²) in [6.45, 7) is 1.72. The van der Waals surface area contributed by atoms with Gasteiger partial charge in [-0.05, 0) is 42.9 Å². The van der Waals surface area contributed by atoms with Crippen molar-refractivity contribution in [2.45, 2.75) is 56.8 Å². The highest BCUT2D eigenvalue weighted by atomic mass is 16.5. The molecule has 1 heterocycles. The second-order valence-corrected chi connectivity index (χ2v) is 7.17. The van der Waals surface area contributed by atoms with Crippen LogP contribution in [0.4, 0.5) is 0 Å². The van der Waals surface area contributed by atoms with Gasteiger partial charge in [-0.1, -0.05) is 44.2 Å². The molecule has 0 aromatic heterocycles. The second kappa shape index (κ2) is 8.02. The number of rotatable bonds is 6. The quantitative estimate of drug-likeness (QED) is 0.849. The van der Waals surface area contributed by atoms with Gasteiger partial charge in [0.25, 0.3) is 0 Å². The molecule has 2 aliphatic rings. The largest absolute Gasteiger partial charge is 0.494 e. The molecular formula is C20H28O4. The molecular weight excluding hydrogens is 304 g/mol. The van der Waals surface area contributed by atoms with Crippen LogP contribution in [0.1, 0.15) is 56.9 Å². The summed E-state index contributed by atoms with van der Waals surface area (Å²) in [5, 5.41) is 9.78.